The SMILES string of the molecule is CC(C)C(NC(=O)OC(C)(C)C)C(C)(C)CON. The summed E-state index contributed by atoms with van der Waals surface area (Å²) in [5.41, 5.74) is -0.764. The first-order valence-corrected chi connectivity index (χ1v) is 6.31. The molecular formula is C13H28N2O3. The standard InChI is InChI=1S/C13H28N2O3/c1-9(2)10(13(6,7)8-17-14)15-11(16)18-12(3,4)5/h9-10H,8,14H2,1-7H3,(H,15,16). The molecule has 1 atom stereocenters. The second-order valence-corrected chi connectivity index (χ2v) is 6.67. The van der Waals surface area contributed by atoms with Crippen LogP contribution in [0.15, 0.2) is 0 Å². The van der Waals surface area contributed by atoms with E-state index in [0.717, 1.165) is 0 Å². The van der Waals surface area contributed by atoms with Crippen LogP contribution in [0, 0.1) is 11.3 Å². The molecule has 0 aromatic heterocycles. The molecule has 3 N–H and O–H groups in total. The molecule has 5 nitrogen and oxygen atoms in total. The highest BCUT2D eigenvalue weighted by Gasteiger charge is 2.34. The molecule has 0 aliphatic carbocycles. The molecule has 0 aromatic carbocycles. The number of hydrogen-bond donors (Lipinski definition) is 2. The Morgan fingerprint density at radius 3 is 2.06 bits per heavy atom. The third kappa shape index (κ3) is 6.21. The fourth-order valence-corrected chi connectivity index (χ4v) is 2.00. The third-order valence-electron chi connectivity index (χ3n) is 2.64. The third-order valence-corrected chi connectivity index (χ3v) is 2.64. The molecule has 0 saturated heterocycles. The summed E-state index contributed by atoms with van der Waals surface area (Å²) < 4.78 is 5.27. The van der Waals surface area contributed by atoms with Gasteiger partial charge in [-0.2, -0.15) is 0 Å². The molecule has 0 heterocycles. The lowest BCUT2D eigenvalue weighted by molar-refractivity contribution is 0.0151. The molecule has 0 saturated carbocycles. The Balaban J connectivity index is 4.69. The molecule has 1 unspecified atom stereocenters. The first kappa shape index (κ1) is 17.2. The van der Waals surface area contributed by atoms with Crippen LogP contribution in [0.1, 0.15) is 48.5 Å². The highest BCUT2D eigenvalue weighted by atomic mass is 16.6. The molecule has 0 aliphatic rings. The van der Waals surface area contributed by atoms with Crippen molar-refractivity contribution >= 4 is 6.09 Å². The van der Waals surface area contributed by atoms with Gasteiger partial charge in [-0.1, -0.05) is 27.7 Å². The lowest BCUT2D eigenvalue weighted by Gasteiger charge is -2.37. The van der Waals surface area contributed by atoms with Gasteiger partial charge in [0.05, 0.1) is 6.61 Å². The second-order valence-electron chi connectivity index (χ2n) is 6.67. The molecule has 0 bridgehead atoms. The highest BCUT2D eigenvalue weighted by molar-refractivity contribution is 5.68. The van der Waals surface area contributed by atoms with Gasteiger partial charge in [0, 0.05) is 11.5 Å². The van der Waals surface area contributed by atoms with E-state index >= 15 is 0 Å². The maximum atomic E-state index is 11.8. The predicted molar refractivity (Wildman–Crippen MR) is 71.9 cm³/mol. The van der Waals surface area contributed by atoms with Crippen LogP contribution in [0.25, 0.3) is 0 Å². The van der Waals surface area contributed by atoms with Gasteiger partial charge < -0.3 is 14.9 Å². The van der Waals surface area contributed by atoms with Crippen molar-refractivity contribution in [1.29, 1.82) is 0 Å². The number of alkyl carbamates (subject to hydrolysis) is 1. The van der Waals surface area contributed by atoms with Gasteiger partial charge in [-0.3, -0.25) is 0 Å². The van der Waals surface area contributed by atoms with Crippen LogP contribution in [-0.4, -0.2) is 24.3 Å². The summed E-state index contributed by atoms with van der Waals surface area (Å²) in [5.74, 6) is 5.39. The number of nitrogens with two attached hydrogens (primary N) is 1. The van der Waals surface area contributed by atoms with Crippen molar-refractivity contribution in [3.8, 4) is 0 Å². The van der Waals surface area contributed by atoms with Crippen LogP contribution in [0.3, 0.4) is 0 Å². The quantitative estimate of drug-likeness (QED) is 0.745. The van der Waals surface area contributed by atoms with Gasteiger partial charge in [-0.15, -0.1) is 0 Å². The average Bonchev–Trinajstić information content (AvgIpc) is 2.10. The molecule has 108 valence electrons. The molecule has 0 radical (unpaired) electrons. The summed E-state index contributed by atoms with van der Waals surface area (Å²) in [6, 6.07) is -0.0732. The zero-order valence-electron chi connectivity index (χ0n) is 12.7. The van der Waals surface area contributed by atoms with Crippen LogP contribution in [-0.2, 0) is 9.57 Å². The molecule has 5 heteroatoms. The van der Waals surface area contributed by atoms with Crippen LogP contribution >= 0.6 is 0 Å². The largest absolute Gasteiger partial charge is 0.444 e. The minimum Gasteiger partial charge on any atom is -0.444 e. The van der Waals surface area contributed by atoms with Gasteiger partial charge in [-0.25, -0.2) is 10.7 Å². The second kappa shape index (κ2) is 6.38. The summed E-state index contributed by atoms with van der Waals surface area (Å²) in [6.45, 7) is 14.0. The molecule has 0 rings (SSSR count). The smallest absolute Gasteiger partial charge is 0.407 e. The van der Waals surface area contributed by atoms with E-state index in [1.54, 1.807) is 0 Å². The molecule has 0 fully saturated rings. The van der Waals surface area contributed by atoms with Gasteiger partial charge in [0.1, 0.15) is 5.60 Å². The zero-order valence-corrected chi connectivity index (χ0v) is 12.7. The average molecular weight is 260 g/mol. The van der Waals surface area contributed by atoms with Crippen LogP contribution in [0.5, 0.6) is 0 Å². The predicted octanol–water partition coefficient (Wildman–Crippen LogP) is 2.45. The number of carbonyl (C=O) groups excluding carboxylic acids is 1. The Labute approximate surface area is 110 Å². The van der Waals surface area contributed by atoms with E-state index < -0.39 is 11.7 Å². The van der Waals surface area contributed by atoms with Gasteiger partial charge in [0.2, 0.25) is 0 Å². The van der Waals surface area contributed by atoms with Crippen molar-refractivity contribution in [3.05, 3.63) is 0 Å². The van der Waals surface area contributed by atoms with E-state index in [1.165, 1.54) is 0 Å². The van der Waals surface area contributed by atoms with Crippen molar-refractivity contribution < 1.29 is 14.4 Å². The van der Waals surface area contributed by atoms with Crippen LogP contribution in [0.2, 0.25) is 0 Å². The van der Waals surface area contributed by atoms with Crippen LogP contribution in [0.4, 0.5) is 4.79 Å². The fourth-order valence-electron chi connectivity index (χ4n) is 2.00. The maximum Gasteiger partial charge on any atom is 0.407 e. The Hall–Kier alpha value is -0.810. The van der Waals surface area contributed by atoms with Crippen molar-refractivity contribution in [1.82, 2.24) is 5.32 Å². The van der Waals surface area contributed by atoms with E-state index in [-0.39, 0.29) is 17.4 Å². The Morgan fingerprint density at radius 1 is 1.22 bits per heavy atom. The van der Waals surface area contributed by atoms with E-state index in [1.807, 2.05) is 48.5 Å². The lowest BCUT2D eigenvalue weighted by atomic mass is 9.79. The molecule has 0 aliphatic heterocycles. The first-order valence-electron chi connectivity index (χ1n) is 6.31. The Bertz CT molecular complexity index is 270. The van der Waals surface area contributed by atoms with Crippen molar-refractivity contribution in [2.75, 3.05) is 6.61 Å². The minimum absolute atomic E-state index is 0.0732. The van der Waals surface area contributed by atoms with E-state index in [0.29, 0.717) is 6.61 Å². The molecule has 18 heavy (non-hydrogen) atoms. The molecule has 0 aromatic rings. The zero-order chi connectivity index (χ0) is 14.6. The number of amides is 1. The summed E-state index contributed by atoms with van der Waals surface area (Å²) >= 11 is 0. The number of ether oxygens (including phenoxy) is 1. The Kier molecular flexibility index (Phi) is 6.10. The number of hydrogen-bond acceptors (Lipinski definition) is 4. The lowest BCUT2D eigenvalue weighted by Crippen LogP contribution is -2.51. The normalized spacial score (nSPS) is 14.5. The van der Waals surface area contributed by atoms with E-state index in [4.69, 9.17) is 15.5 Å². The number of carbonyl (C=O) groups is 1. The van der Waals surface area contributed by atoms with Gasteiger partial charge in [-0.05, 0) is 26.7 Å². The maximum absolute atomic E-state index is 11.8. The van der Waals surface area contributed by atoms with Crippen molar-refractivity contribution in [2.24, 2.45) is 17.2 Å². The van der Waals surface area contributed by atoms with Crippen molar-refractivity contribution in [2.45, 2.75) is 60.1 Å². The molecule has 1 amide bonds. The number of nitrogens with one attached hydrogen (secondary N) is 1. The Morgan fingerprint density at radius 2 is 1.72 bits per heavy atom. The van der Waals surface area contributed by atoms with E-state index in [9.17, 15) is 4.79 Å². The summed E-state index contributed by atoms with van der Waals surface area (Å²) in [7, 11) is 0. The summed E-state index contributed by atoms with van der Waals surface area (Å²) in [6.07, 6.45) is -0.411. The van der Waals surface area contributed by atoms with Crippen LogP contribution < -0.4 is 11.2 Å². The van der Waals surface area contributed by atoms with Gasteiger partial charge in [0.15, 0.2) is 0 Å². The molecule has 0 spiro atoms. The van der Waals surface area contributed by atoms with Gasteiger partial charge in [0.25, 0.3) is 0 Å². The highest BCUT2D eigenvalue weighted by Crippen LogP contribution is 2.26. The fraction of sp³-hybridized carbons (Fsp3) is 0.923. The monoisotopic (exact) mass is 260 g/mol. The summed E-state index contributed by atoms with van der Waals surface area (Å²) in [5, 5.41) is 2.90. The minimum atomic E-state index is -0.500. The van der Waals surface area contributed by atoms with Crippen molar-refractivity contribution in [3.63, 3.8) is 0 Å². The van der Waals surface area contributed by atoms with Gasteiger partial charge >= 0.3 is 6.09 Å². The van der Waals surface area contributed by atoms with E-state index in [2.05, 4.69) is 5.32 Å². The molecular weight excluding hydrogens is 232 g/mol. The topological polar surface area (TPSA) is 73.6 Å². The number of rotatable bonds is 5. The summed E-state index contributed by atoms with van der Waals surface area (Å²) in [4.78, 5) is 16.5. The first-order chi connectivity index (χ1) is 7.99.